The molecular weight excluding hydrogens is 304 g/mol. The summed E-state index contributed by atoms with van der Waals surface area (Å²) >= 11 is 0. The quantitative estimate of drug-likeness (QED) is 0.690. The fourth-order valence-corrected chi connectivity index (χ4v) is 3.81. The number of hydrogen-bond acceptors (Lipinski definition) is 2. The molecule has 1 fully saturated rings. The molecule has 128 valence electrons. The first-order chi connectivity index (χ1) is 12.3. The van der Waals surface area contributed by atoms with Crippen molar-refractivity contribution in [3.8, 4) is 11.1 Å². The molecule has 1 heterocycles. The topological polar surface area (TPSA) is 15.3 Å². The minimum Gasteiger partial charge on any atom is -0.372 e. The summed E-state index contributed by atoms with van der Waals surface area (Å²) in [6.07, 6.45) is 2.64. The van der Waals surface area contributed by atoms with Gasteiger partial charge in [-0.1, -0.05) is 43.3 Å². The normalized spacial score (nSPS) is 14.4. The lowest BCUT2D eigenvalue weighted by atomic mass is 9.95. The van der Waals surface area contributed by atoms with Gasteiger partial charge < -0.3 is 10.2 Å². The van der Waals surface area contributed by atoms with E-state index in [0.29, 0.717) is 0 Å². The molecule has 0 saturated carbocycles. The lowest BCUT2D eigenvalue weighted by molar-refractivity contribution is 0.727. The van der Waals surface area contributed by atoms with E-state index in [9.17, 15) is 0 Å². The van der Waals surface area contributed by atoms with Crippen LogP contribution in [-0.4, -0.2) is 19.6 Å². The summed E-state index contributed by atoms with van der Waals surface area (Å²) in [5, 5.41) is 6.09. The molecule has 0 unspecified atom stereocenters. The molecule has 0 amide bonds. The number of hydrogen-bond donors (Lipinski definition) is 1. The SMILES string of the molecule is CCNCc1cc(-c2ccc(N3CCCC3)cc2)c2ccccc2c1. The zero-order valence-electron chi connectivity index (χ0n) is 15.0. The van der Waals surface area contributed by atoms with Crippen molar-refractivity contribution in [2.45, 2.75) is 26.3 Å². The van der Waals surface area contributed by atoms with Gasteiger partial charge in [0.1, 0.15) is 0 Å². The molecule has 0 aliphatic carbocycles. The Labute approximate surface area is 150 Å². The van der Waals surface area contributed by atoms with Crippen LogP contribution in [-0.2, 0) is 6.54 Å². The first-order valence-corrected chi connectivity index (χ1v) is 9.43. The van der Waals surface area contributed by atoms with E-state index >= 15 is 0 Å². The highest BCUT2D eigenvalue weighted by Gasteiger charge is 2.12. The van der Waals surface area contributed by atoms with Crippen LogP contribution in [0, 0.1) is 0 Å². The maximum absolute atomic E-state index is 3.45. The molecule has 1 aliphatic rings. The molecule has 3 aromatic carbocycles. The molecule has 25 heavy (non-hydrogen) atoms. The van der Waals surface area contributed by atoms with Gasteiger partial charge in [0, 0.05) is 25.3 Å². The molecule has 1 aliphatic heterocycles. The zero-order chi connectivity index (χ0) is 17.1. The van der Waals surface area contributed by atoms with Crippen molar-refractivity contribution in [1.82, 2.24) is 5.32 Å². The fraction of sp³-hybridized carbons (Fsp3) is 0.304. The summed E-state index contributed by atoms with van der Waals surface area (Å²) in [7, 11) is 0. The highest BCUT2D eigenvalue weighted by Crippen LogP contribution is 2.32. The minimum atomic E-state index is 0.917. The standard InChI is InChI=1S/C23H26N2/c1-2-24-17-18-15-20-7-3-4-8-22(20)23(16-18)19-9-11-21(12-10-19)25-13-5-6-14-25/h3-4,7-12,15-16,24H,2,5-6,13-14,17H2,1H3. The van der Waals surface area contributed by atoms with Crippen LogP contribution in [0.2, 0.25) is 0 Å². The molecule has 2 nitrogen and oxygen atoms in total. The summed E-state index contributed by atoms with van der Waals surface area (Å²) in [6.45, 7) is 6.45. The van der Waals surface area contributed by atoms with E-state index in [4.69, 9.17) is 0 Å². The number of anilines is 1. The Kier molecular flexibility index (Phi) is 4.71. The van der Waals surface area contributed by atoms with E-state index in [0.717, 1.165) is 13.1 Å². The van der Waals surface area contributed by atoms with E-state index in [1.54, 1.807) is 0 Å². The third-order valence-corrected chi connectivity index (χ3v) is 5.15. The molecule has 0 radical (unpaired) electrons. The van der Waals surface area contributed by atoms with Crippen molar-refractivity contribution in [2.24, 2.45) is 0 Å². The number of nitrogens with zero attached hydrogens (tertiary/aromatic N) is 1. The van der Waals surface area contributed by atoms with Gasteiger partial charge in [-0.15, -0.1) is 0 Å². The molecule has 0 atom stereocenters. The molecule has 1 N–H and O–H groups in total. The Bertz CT molecular complexity index is 846. The molecular formula is C23H26N2. The lowest BCUT2D eigenvalue weighted by Gasteiger charge is -2.18. The van der Waals surface area contributed by atoms with E-state index in [1.807, 2.05) is 0 Å². The van der Waals surface area contributed by atoms with E-state index in [2.05, 4.69) is 77.8 Å². The van der Waals surface area contributed by atoms with Crippen molar-refractivity contribution >= 4 is 16.5 Å². The summed E-state index contributed by atoms with van der Waals surface area (Å²) in [6, 6.07) is 22.5. The number of rotatable bonds is 5. The van der Waals surface area contributed by atoms with E-state index < -0.39 is 0 Å². The maximum atomic E-state index is 3.45. The Morgan fingerprint density at radius 2 is 1.68 bits per heavy atom. The maximum Gasteiger partial charge on any atom is 0.0366 e. The number of nitrogens with one attached hydrogen (secondary N) is 1. The van der Waals surface area contributed by atoms with Crippen LogP contribution < -0.4 is 10.2 Å². The van der Waals surface area contributed by atoms with Crippen molar-refractivity contribution in [2.75, 3.05) is 24.5 Å². The number of benzene rings is 3. The van der Waals surface area contributed by atoms with Crippen LogP contribution in [0.15, 0.2) is 60.7 Å². The van der Waals surface area contributed by atoms with Gasteiger partial charge in [-0.3, -0.25) is 0 Å². The highest BCUT2D eigenvalue weighted by atomic mass is 15.1. The van der Waals surface area contributed by atoms with Crippen LogP contribution in [0.1, 0.15) is 25.3 Å². The smallest absolute Gasteiger partial charge is 0.0366 e. The summed E-state index contributed by atoms with van der Waals surface area (Å²) in [5.41, 5.74) is 5.34. The monoisotopic (exact) mass is 330 g/mol. The largest absolute Gasteiger partial charge is 0.372 e. The van der Waals surface area contributed by atoms with Gasteiger partial charge in [0.2, 0.25) is 0 Å². The van der Waals surface area contributed by atoms with Gasteiger partial charge in [-0.25, -0.2) is 0 Å². The lowest BCUT2D eigenvalue weighted by Crippen LogP contribution is -2.17. The van der Waals surface area contributed by atoms with Crippen LogP contribution in [0.4, 0.5) is 5.69 Å². The predicted octanol–water partition coefficient (Wildman–Crippen LogP) is 5.22. The average Bonchev–Trinajstić information content (AvgIpc) is 3.20. The molecule has 2 heteroatoms. The van der Waals surface area contributed by atoms with Gasteiger partial charge in [-0.2, -0.15) is 0 Å². The van der Waals surface area contributed by atoms with Crippen molar-refractivity contribution < 1.29 is 0 Å². The third kappa shape index (κ3) is 3.40. The predicted molar refractivity (Wildman–Crippen MR) is 108 cm³/mol. The Morgan fingerprint density at radius 1 is 0.920 bits per heavy atom. The fourth-order valence-electron chi connectivity index (χ4n) is 3.81. The van der Waals surface area contributed by atoms with Gasteiger partial charge in [-0.05, 0) is 71.1 Å². The average molecular weight is 330 g/mol. The Hall–Kier alpha value is -2.32. The Balaban J connectivity index is 1.73. The van der Waals surface area contributed by atoms with Crippen LogP contribution >= 0.6 is 0 Å². The molecule has 0 spiro atoms. The second-order valence-corrected chi connectivity index (χ2v) is 6.89. The van der Waals surface area contributed by atoms with Crippen LogP contribution in [0.25, 0.3) is 21.9 Å². The summed E-state index contributed by atoms with van der Waals surface area (Å²) < 4.78 is 0. The molecule has 4 rings (SSSR count). The van der Waals surface area contributed by atoms with E-state index in [-0.39, 0.29) is 0 Å². The van der Waals surface area contributed by atoms with Gasteiger partial charge >= 0.3 is 0 Å². The van der Waals surface area contributed by atoms with E-state index in [1.165, 1.54) is 59.1 Å². The highest BCUT2D eigenvalue weighted by molar-refractivity contribution is 5.97. The van der Waals surface area contributed by atoms with Crippen molar-refractivity contribution in [3.05, 3.63) is 66.2 Å². The first-order valence-electron chi connectivity index (χ1n) is 9.43. The molecule has 0 bridgehead atoms. The third-order valence-electron chi connectivity index (χ3n) is 5.15. The molecule has 3 aromatic rings. The van der Waals surface area contributed by atoms with Gasteiger partial charge in [0.25, 0.3) is 0 Å². The van der Waals surface area contributed by atoms with Crippen molar-refractivity contribution in [1.29, 1.82) is 0 Å². The molecule has 1 saturated heterocycles. The number of fused-ring (bicyclic) bond motifs is 1. The Morgan fingerprint density at radius 3 is 2.44 bits per heavy atom. The van der Waals surface area contributed by atoms with Crippen molar-refractivity contribution in [3.63, 3.8) is 0 Å². The van der Waals surface area contributed by atoms with Gasteiger partial charge in [0.15, 0.2) is 0 Å². The second kappa shape index (κ2) is 7.28. The van der Waals surface area contributed by atoms with Crippen LogP contribution in [0.3, 0.4) is 0 Å². The summed E-state index contributed by atoms with van der Waals surface area (Å²) in [4.78, 5) is 2.49. The van der Waals surface area contributed by atoms with Gasteiger partial charge in [0.05, 0.1) is 0 Å². The minimum absolute atomic E-state index is 0.917. The van der Waals surface area contributed by atoms with Crippen LogP contribution in [0.5, 0.6) is 0 Å². The first kappa shape index (κ1) is 16.2. The second-order valence-electron chi connectivity index (χ2n) is 6.89. The summed E-state index contributed by atoms with van der Waals surface area (Å²) in [5.74, 6) is 0. The molecule has 0 aromatic heterocycles. The zero-order valence-corrected chi connectivity index (χ0v) is 15.0.